The van der Waals surface area contributed by atoms with E-state index >= 15 is 0 Å². The quantitative estimate of drug-likeness (QED) is 0.653. The molecule has 0 atom stereocenters. The molecule has 1 rings (SSSR count). The van der Waals surface area contributed by atoms with E-state index in [-0.39, 0.29) is 18.7 Å². The maximum Gasteiger partial charge on any atom is 0.283 e. The van der Waals surface area contributed by atoms with Crippen LogP contribution in [0.3, 0.4) is 0 Å². The number of halogens is 1. The Morgan fingerprint density at radius 2 is 2.19 bits per heavy atom. The molecule has 0 saturated carbocycles. The zero-order valence-electron chi connectivity index (χ0n) is 13.0. The van der Waals surface area contributed by atoms with E-state index in [2.05, 4.69) is 52.1 Å². The second-order valence-corrected chi connectivity index (χ2v) is 6.13. The normalized spacial score (nSPS) is 11.4. The summed E-state index contributed by atoms with van der Waals surface area (Å²) in [4.78, 5) is 14.2. The van der Waals surface area contributed by atoms with Gasteiger partial charge >= 0.3 is 0 Å². The lowest BCUT2D eigenvalue weighted by Crippen LogP contribution is -2.27. The number of nitrogens with zero attached hydrogens (tertiary/aromatic N) is 3. The Hall–Kier alpha value is -0.920. The van der Waals surface area contributed by atoms with Crippen molar-refractivity contribution in [1.29, 1.82) is 0 Å². The van der Waals surface area contributed by atoms with Crippen molar-refractivity contribution in [1.82, 2.24) is 14.7 Å². The number of aliphatic hydroxyl groups is 1. The maximum absolute atomic E-state index is 11.9. The molecule has 0 bridgehead atoms. The van der Waals surface area contributed by atoms with E-state index < -0.39 is 0 Å². The van der Waals surface area contributed by atoms with Crippen molar-refractivity contribution in [3.05, 3.63) is 21.0 Å². The van der Waals surface area contributed by atoms with E-state index in [0.717, 1.165) is 25.9 Å². The molecule has 0 spiro atoms. The number of nitrogens with one attached hydrogen (secondary N) is 1. The lowest BCUT2D eigenvalue weighted by Gasteiger charge is -2.20. The molecule has 0 radical (unpaired) electrons. The molecule has 0 amide bonds. The van der Waals surface area contributed by atoms with Crippen molar-refractivity contribution in [2.45, 2.75) is 39.3 Å². The Kier molecular flexibility index (Phi) is 7.92. The van der Waals surface area contributed by atoms with Crippen LogP contribution in [-0.2, 0) is 6.54 Å². The Labute approximate surface area is 134 Å². The molecular formula is C14H25BrN4O2. The van der Waals surface area contributed by atoms with E-state index in [1.807, 2.05) is 0 Å². The molecule has 1 aromatic rings. The summed E-state index contributed by atoms with van der Waals surface area (Å²) in [6.45, 7) is 6.34. The first-order valence-electron chi connectivity index (χ1n) is 7.28. The maximum atomic E-state index is 11.9. The molecule has 0 saturated heterocycles. The minimum Gasteiger partial charge on any atom is -0.394 e. The Morgan fingerprint density at radius 1 is 1.48 bits per heavy atom. The summed E-state index contributed by atoms with van der Waals surface area (Å²) >= 11 is 3.29. The van der Waals surface area contributed by atoms with Gasteiger partial charge in [-0.2, -0.15) is 5.10 Å². The Balaban J connectivity index is 2.43. The topological polar surface area (TPSA) is 70.4 Å². The lowest BCUT2D eigenvalue weighted by atomic mass is 10.2. The van der Waals surface area contributed by atoms with E-state index in [4.69, 9.17) is 5.11 Å². The highest BCUT2D eigenvalue weighted by Gasteiger charge is 2.08. The number of aliphatic hydroxyl groups excluding tert-OH is 1. The number of hydrogen-bond donors (Lipinski definition) is 2. The molecule has 0 aliphatic carbocycles. The van der Waals surface area contributed by atoms with Gasteiger partial charge in [-0.25, -0.2) is 4.68 Å². The Bertz CT molecular complexity index is 490. The minimum atomic E-state index is -0.228. The highest BCUT2D eigenvalue weighted by Crippen LogP contribution is 2.16. The largest absolute Gasteiger partial charge is 0.394 e. The Morgan fingerprint density at radius 3 is 2.81 bits per heavy atom. The lowest BCUT2D eigenvalue weighted by molar-refractivity contribution is 0.266. The predicted octanol–water partition coefficient (Wildman–Crippen LogP) is 1.53. The zero-order chi connectivity index (χ0) is 15.8. The number of rotatable bonds is 9. The van der Waals surface area contributed by atoms with Crippen LogP contribution in [0.15, 0.2) is 15.5 Å². The second-order valence-electron chi connectivity index (χ2n) is 5.33. The fourth-order valence-corrected chi connectivity index (χ4v) is 2.26. The fourth-order valence-electron chi connectivity index (χ4n) is 1.81. The molecule has 6 nitrogen and oxygen atoms in total. The number of hydrogen-bond acceptors (Lipinski definition) is 5. The minimum absolute atomic E-state index is 0.102. The zero-order valence-corrected chi connectivity index (χ0v) is 14.6. The molecule has 0 aromatic carbocycles. The smallest absolute Gasteiger partial charge is 0.283 e. The monoisotopic (exact) mass is 360 g/mol. The van der Waals surface area contributed by atoms with Gasteiger partial charge in [0.1, 0.15) is 4.47 Å². The van der Waals surface area contributed by atoms with Crippen molar-refractivity contribution in [2.24, 2.45) is 0 Å². The van der Waals surface area contributed by atoms with Gasteiger partial charge in [0.15, 0.2) is 0 Å². The van der Waals surface area contributed by atoms with E-state index in [1.165, 1.54) is 4.68 Å². The highest BCUT2D eigenvalue weighted by atomic mass is 79.9. The van der Waals surface area contributed by atoms with Gasteiger partial charge in [-0.1, -0.05) is 0 Å². The van der Waals surface area contributed by atoms with Crippen LogP contribution in [0.5, 0.6) is 0 Å². The van der Waals surface area contributed by atoms with Crippen LogP contribution >= 0.6 is 15.9 Å². The standard InChI is InChI=1S/C14H25BrN4O2/c1-11(2)18(3)7-5-4-6-16-12-10-17-19(8-9-20)14(21)13(12)15/h10-11,16,20H,4-9H2,1-3H3. The van der Waals surface area contributed by atoms with Gasteiger partial charge in [0.05, 0.1) is 25.0 Å². The summed E-state index contributed by atoms with van der Waals surface area (Å²) < 4.78 is 1.71. The van der Waals surface area contributed by atoms with Crippen LogP contribution in [-0.4, -0.2) is 52.6 Å². The summed E-state index contributed by atoms with van der Waals surface area (Å²) in [5, 5.41) is 16.1. The molecule has 0 aliphatic heterocycles. The number of anilines is 1. The van der Waals surface area contributed by atoms with Gasteiger partial charge in [0.2, 0.25) is 0 Å². The summed E-state index contributed by atoms with van der Waals surface area (Å²) in [5.41, 5.74) is 0.472. The average molecular weight is 361 g/mol. The molecular weight excluding hydrogens is 336 g/mol. The van der Waals surface area contributed by atoms with Crippen molar-refractivity contribution < 1.29 is 5.11 Å². The third-order valence-corrected chi connectivity index (χ3v) is 4.20. The van der Waals surface area contributed by atoms with Gasteiger partial charge in [-0.15, -0.1) is 0 Å². The molecule has 1 heterocycles. The van der Waals surface area contributed by atoms with Gasteiger partial charge in [0, 0.05) is 12.6 Å². The summed E-state index contributed by atoms with van der Waals surface area (Å²) in [6, 6.07) is 0.565. The predicted molar refractivity (Wildman–Crippen MR) is 88.8 cm³/mol. The van der Waals surface area contributed by atoms with Gasteiger partial charge < -0.3 is 15.3 Å². The van der Waals surface area contributed by atoms with Crippen LogP contribution in [0.25, 0.3) is 0 Å². The van der Waals surface area contributed by atoms with Gasteiger partial charge in [0.25, 0.3) is 5.56 Å². The van der Waals surface area contributed by atoms with E-state index in [9.17, 15) is 4.79 Å². The van der Waals surface area contributed by atoms with Crippen molar-refractivity contribution in [2.75, 3.05) is 32.1 Å². The average Bonchev–Trinajstić information content (AvgIpc) is 2.45. The van der Waals surface area contributed by atoms with Crippen LogP contribution in [0, 0.1) is 0 Å². The number of aromatic nitrogens is 2. The summed E-state index contributed by atoms with van der Waals surface area (Å²) in [6.07, 6.45) is 3.75. The van der Waals surface area contributed by atoms with E-state index in [0.29, 0.717) is 16.2 Å². The van der Waals surface area contributed by atoms with E-state index in [1.54, 1.807) is 6.20 Å². The fraction of sp³-hybridized carbons (Fsp3) is 0.714. The number of unbranched alkanes of at least 4 members (excludes halogenated alkanes) is 1. The van der Waals surface area contributed by atoms with Gasteiger partial charge in [-0.05, 0) is 56.2 Å². The first-order valence-corrected chi connectivity index (χ1v) is 8.07. The molecule has 2 N–H and O–H groups in total. The third kappa shape index (κ3) is 5.76. The SMILES string of the molecule is CC(C)N(C)CCCCNc1cnn(CCO)c(=O)c1Br. The van der Waals surface area contributed by atoms with Crippen LogP contribution in [0.1, 0.15) is 26.7 Å². The molecule has 1 aromatic heterocycles. The summed E-state index contributed by atoms with van der Waals surface area (Å²) in [7, 11) is 2.12. The molecule has 7 heteroatoms. The molecule has 0 unspecified atom stereocenters. The summed E-state index contributed by atoms with van der Waals surface area (Å²) in [5.74, 6) is 0. The van der Waals surface area contributed by atoms with Crippen molar-refractivity contribution >= 4 is 21.6 Å². The molecule has 0 fully saturated rings. The first-order chi connectivity index (χ1) is 9.97. The second kappa shape index (κ2) is 9.17. The van der Waals surface area contributed by atoms with Crippen molar-refractivity contribution in [3.63, 3.8) is 0 Å². The molecule has 120 valence electrons. The third-order valence-electron chi connectivity index (χ3n) is 3.43. The van der Waals surface area contributed by atoms with Crippen molar-refractivity contribution in [3.8, 4) is 0 Å². The molecule has 0 aliphatic rings. The van der Waals surface area contributed by atoms with Gasteiger partial charge in [-0.3, -0.25) is 4.79 Å². The van der Waals surface area contributed by atoms with Crippen LogP contribution < -0.4 is 10.9 Å². The van der Waals surface area contributed by atoms with Crippen LogP contribution in [0.2, 0.25) is 0 Å². The molecule has 21 heavy (non-hydrogen) atoms. The highest BCUT2D eigenvalue weighted by molar-refractivity contribution is 9.10. The van der Waals surface area contributed by atoms with Crippen LogP contribution in [0.4, 0.5) is 5.69 Å². The first kappa shape index (κ1) is 18.1.